The van der Waals surface area contributed by atoms with Gasteiger partial charge in [-0.25, -0.2) is 4.79 Å². The van der Waals surface area contributed by atoms with Gasteiger partial charge in [0, 0.05) is 24.9 Å². The van der Waals surface area contributed by atoms with Crippen molar-refractivity contribution in [3.8, 4) is 0 Å². The van der Waals surface area contributed by atoms with Crippen molar-refractivity contribution in [2.24, 2.45) is 5.92 Å². The molecule has 7 nitrogen and oxygen atoms in total. The predicted molar refractivity (Wildman–Crippen MR) is 185 cm³/mol. The van der Waals surface area contributed by atoms with Crippen molar-refractivity contribution in [3.05, 3.63) is 83.4 Å². The molecule has 0 heterocycles. The molecule has 0 radical (unpaired) electrons. The van der Waals surface area contributed by atoms with Crippen LogP contribution in [0.2, 0.25) is 0 Å². The van der Waals surface area contributed by atoms with Crippen LogP contribution in [0.5, 0.6) is 0 Å². The van der Waals surface area contributed by atoms with Gasteiger partial charge < -0.3 is 15.4 Å². The van der Waals surface area contributed by atoms with Gasteiger partial charge in [-0.05, 0) is 58.4 Å². The van der Waals surface area contributed by atoms with E-state index in [-0.39, 0.29) is 36.1 Å². The summed E-state index contributed by atoms with van der Waals surface area (Å²) in [5.74, 6) is 0.290. The molecule has 3 aromatic carbocycles. The van der Waals surface area contributed by atoms with Crippen molar-refractivity contribution in [2.45, 2.75) is 57.2 Å². The van der Waals surface area contributed by atoms with Crippen LogP contribution >= 0.6 is 23.5 Å². The summed E-state index contributed by atoms with van der Waals surface area (Å²) in [7, 11) is 1.30. The monoisotopic (exact) mass is 691 g/mol. The van der Waals surface area contributed by atoms with E-state index < -0.39 is 23.8 Å². The number of carbonyl (C=O) groups excluding carboxylic acids is 3. The largest absolute Gasteiger partial charge is 0.467 e. The second-order valence-corrected chi connectivity index (χ2v) is 13.5. The van der Waals surface area contributed by atoms with Crippen molar-refractivity contribution < 1.29 is 32.3 Å². The van der Waals surface area contributed by atoms with Gasteiger partial charge in [-0.15, -0.1) is 11.8 Å². The molecule has 3 unspecified atom stereocenters. The molecule has 0 saturated heterocycles. The fourth-order valence-corrected chi connectivity index (χ4v) is 6.43. The quantitative estimate of drug-likeness (QED) is 0.147. The highest BCUT2D eigenvalue weighted by molar-refractivity contribution is 7.99. The number of amides is 2. The van der Waals surface area contributed by atoms with E-state index in [4.69, 9.17) is 4.74 Å². The number of nitrogens with zero attached hydrogens (tertiary/aromatic N) is 1. The minimum absolute atomic E-state index is 0.00145. The number of fused-ring (bicyclic) bond motifs is 1. The summed E-state index contributed by atoms with van der Waals surface area (Å²) in [5.41, 5.74) is 1.02. The summed E-state index contributed by atoms with van der Waals surface area (Å²) in [6.45, 7) is 4.91. The lowest BCUT2D eigenvalue weighted by atomic mass is 9.97. The molecule has 256 valence electrons. The maximum atomic E-state index is 13.4. The Kier molecular flexibility index (Phi) is 15.4. The zero-order valence-electron chi connectivity index (χ0n) is 27.3. The van der Waals surface area contributed by atoms with Crippen LogP contribution < -0.4 is 10.6 Å². The van der Waals surface area contributed by atoms with Gasteiger partial charge >= 0.3 is 12.1 Å². The van der Waals surface area contributed by atoms with Gasteiger partial charge in [0.25, 0.3) is 0 Å². The highest BCUT2D eigenvalue weighted by Gasteiger charge is 2.30. The Morgan fingerprint density at radius 2 is 1.66 bits per heavy atom. The molecule has 47 heavy (non-hydrogen) atoms. The molecule has 3 rings (SSSR count). The summed E-state index contributed by atoms with van der Waals surface area (Å²) in [5, 5.41) is 8.14. The number of carbonyl (C=O) groups is 3. The topological polar surface area (TPSA) is 87.7 Å². The van der Waals surface area contributed by atoms with E-state index >= 15 is 0 Å². The molecule has 2 N–H and O–H groups in total. The minimum atomic E-state index is -4.39. The van der Waals surface area contributed by atoms with Crippen LogP contribution in [0.15, 0.2) is 66.7 Å². The fourth-order valence-electron chi connectivity index (χ4n) is 5.16. The summed E-state index contributed by atoms with van der Waals surface area (Å²) in [4.78, 5) is 40.9. The molecular weight excluding hydrogens is 648 g/mol. The molecule has 0 saturated carbocycles. The van der Waals surface area contributed by atoms with Crippen molar-refractivity contribution in [1.29, 1.82) is 0 Å². The third-order valence-electron chi connectivity index (χ3n) is 7.99. The Morgan fingerprint density at radius 3 is 2.32 bits per heavy atom. The van der Waals surface area contributed by atoms with Gasteiger partial charge in [-0.3, -0.25) is 14.5 Å². The Bertz CT molecular complexity index is 1450. The average Bonchev–Trinajstić information content (AvgIpc) is 3.05. The lowest BCUT2D eigenvalue weighted by Crippen LogP contribution is -2.51. The maximum absolute atomic E-state index is 13.4. The normalized spacial score (nSPS) is 13.6. The number of esters is 1. The van der Waals surface area contributed by atoms with Gasteiger partial charge in [-0.2, -0.15) is 24.9 Å². The first kappa shape index (κ1) is 38.2. The Morgan fingerprint density at radius 1 is 0.957 bits per heavy atom. The Labute approximate surface area is 283 Å². The van der Waals surface area contributed by atoms with E-state index in [0.29, 0.717) is 36.6 Å². The summed E-state index contributed by atoms with van der Waals surface area (Å²) < 4.78 is 43.6. The summed E-state index contributed by atoms with van der Waals surface area (Å²) in [6, 6.07) is 18.0. The predicted octanol–water partition coefficient (Wildman–Crippen LogP) is 6.54. The summed E-state index contributed by atoms with van der Waals surface area (Å²) >= 11 is 2.90. The van der Waals surface area contributed by atoms with Crippen molar-refractivity contribution in [2.75, 3.05) is 38.0 Å². The van der Waals surface area contributed by atoms with Crippen LogP contribution in [-0.2, 0) is 37.6 Å². The van der Waals surface area contributed by atoms with Crippen molar-refractivity contribution >= 4 is 52.1 Å². The van der Waals surface area contributed by atoms with Gasteiger partial charge in [0.1, 0.15) is 6.04 Å². The molecule has 3 atom stereocenters. The van der Waals surface area contributed by atoms with E-state index in [9.17, 15) is 27.6 Å². The number of benzene rings is 3. The van der Waals surface area contributed by atoms with Gasteiger partial charge in [0.05, 0.1) is 25.0 Å². The Hall–Kier alpha value is -3.22. The van der Waals surface area contributed by atoms with Crippen LogP contribution in [-0.4, -0.2) is 72.7 Å². The van der Waals surface area contributed by atoms with Crippen LogP contribution in [0.4, 0.5) is 13.2 Å². The number of hydrogen-bond acceptors (Lipinski definition) is 7. The van der Waals surface area contributed by atoms with Gasteiger partial charge in [0.2, 0.25) is 11.8 Å². The van der Waals surface area contributed by atoms with Crippen LogP contribution in [0.3, 0.4) is 0 Å². The number of hydrogen-bond donors (Lipinski definition) is 2. The fraction of sp³-hybridized carbons (Fsp3) is 0.457. The number of nitrogens with one attached hydrogen (secondary N) is 2. The molecule has 0 bridgehead atoms. The molecule has 0 aromatic heterocycles. The van der Waals surface area contributed by atoms with E-state index in [1.165, 1.54) is 31.0 Å². The van der Waals surface area contributed by atoms with Crippen molar-refractivity contribution in [3.63, 3.8) is 0 Å². The number of rotatable bonds is 18. The molecular formula is C35H44F3N3O4S2. The minimum Gasteiger partial charge on any atom is -0.467 e. The smallest absolute Gasteiger partial charge is 0.416 e. The van der Waals surface area contributed by atoms with E-state index in [1.807, 2.05) is 67.5 Å². The van der Waals surface area contributed by atoms with E-state index in [0.717, 1.165) is 34.9 Å². The lowest BCUT2D eigenvalue weighted by Gasteiger charge is -2.31. The molecule has 0 spiro atoms. The van der Waals surface area contributed by atoms with E-state index in [2.05, 4.69) is 10.6 Å². The average molecular weight is 692 g/mol. The first-order chi connectivity index (χ1) is 22.4. The Balaban J connectivity index is 1.74. The third-order valence-corrected chi connectivity index (χ3v) is 9.64. The number of alkyl halides is 3. The van der Waals surface area contributed by atoms with Crippen LogP contribution in [0.1, 0.15) is 43.4 Å². The molecule has 2 amide bonds. The zero-order chi connectivity index (χ0) is 34.4. The first-order valence-electron chi connectivity index (χ1n) is 15.5. The molecule has 3 aromatic rings. The highest BCUT2D eigenvalue weighted by Crippen LogP contribution is 2.29. The third kappa shape index (κ3) is 12.4. The molecule has 0 aliphatic heterocycles. The van der Waals surface area contributed by atoms with Crippen LogP contribution in [0, 0.1) is 5.92 Å². The number of methoxy groups -OCH3 is 1. The standard InChI is InChI=1S/C35H44F3N3O4S2/c1-5-24(2)31(40-33(43)23-47-22-25-13-15-28(16-14-25)35(36,37)38)20-41(19-27-11-8-10-26-9-6-7-12-29(26)27)21-32(42)39-30(17-18-46-4)34(44)45-3/h6-16,24,30-31H,5,17-23H2,1-4H3,(H,39,42)(H,40,43). The van der Waals surface area contributed by atoms with Gasteiger partial charge in [-0.1, -0.05) is 74.9 Å². The second-order valence-electron chi connectivity index (χ2n) is 11.5. The lowest BCUT2D eigenvalue weighted by molar-refractivity contribution is -0.145. The maximum Gasteiger partial charge on any atom is 0.416 e. The molecule has 0 fully saturated rings. The van der Waals surface area contributed by atoms with Crippen LogP contribution in [0.25, 0.3) is 10.8 Å². The zero-order valence-corrected chi connectivity index (χ0v) is 28.9. The highest BCUT2D eigenvalue weighted by atomic mass is 32.2. The SMILES string of the molecule is CCC(C)C(CN(CC(=O)NC(CCSC)C(=O)OC)Cc1cccc2ccccc12)NC(=O)CSCc1ccc(C(F)(F)F)cc1. The van der Waals surface area contributed by atoms with E-state index in [1.54, 1.807) is 11.8 Å². The number of halogens is 3. The second kappa shape index (κ2) is 18.9. The molecule has 0 aliphatic carbocycles. The summed E-state index contributed by atoms with van der Waals surface area (Å²) in [6.07, 6.45) is -1.23. The van der Waals surface area contributed by atoms with Crippen molar-refractivity contribution in [1.82, 2.24) is 15.5 Å². The molecule has 12 heteroatoms. The number of ether oxygens (including phenoxy) is 1. The van der Waals surface area contributed by atoms with Gasteiger partial charge in [0.15, 0.2) is 0 Å². The molecule has 0 aliphatic rings. The first-order valence-corrected chi connectivity index (χ1v) is 18.1. The number of thioether (sulfide) groups is 2.